The third-order valence-electron chi connectivity index (χ3n) is 10.8. The number of carbonyl (C=O) groups excluding carboxylic acids is 4. The zero-order valence-electron chi connectivity index (χ0n) is 31.4. The van der Waals surface area contributed by atoms with Gasteiger partial charge in [-0.15, -0.1) is 0 Å². The minimum atomic E-state index is -1.81. The van der Waals surface area contributed by atoms with Gasteiger partial charge in [0.05, 0.1) is 36.1 Å². The quantitative estimate of drug-likeness (QED) is 0.310. The number of aromatic nitrogens is 1. The van der Waals surface area contributed by atoms with Crippen LogP contribution >= 0.6 is 0 Å². The minimum absolute atomic E-state index is 0.134. The van der Waals surface area contributed by atoms with Gasteiger partial charge in [0.25, 0.3) is 0 Å². The molecule has 14 heteroatoms. The van der Waals surface area contributed by atoms with Crippen LogP contribution in [0.5, 0.6) is 0 Å². The van der Waals surface area contributed by atoms with E-state index in [0.29, 0.717) is 12.0 Å². The molecule has 0 aliphatic carbocycles. The lowest BCUT2D eigenvalue weighted by atomic mass is 9.74. The van der Waals surface area contributed by atoms with Crippen molar-refractivity contribution in [3.63, 3.8) is 0 Å². The van der Waals surface area contributed by atoms with Crippen LogP contribution in [0, 0.1) is 23.7 Å². The fourth-order valence-corrected chi connectivity index (χ4v) is 8.09. The Bertz CT molecular complexity index is 1390. The van der Waals surface area contributed by atoms with Gasteiger partial charge in [0.15, 0.2) is 18.0 Å². The number of hydrogen-bond donors (Lipinski definition) is 2. The number of hydrogen-bond acceptors (Lipinski definition) is 14. The molecule has 3 aliphatic rings. The molecule has 0 radical (unpaired) electrons. The van der Waals surface area contributed by atoms with Crippen LogP contribution < -0.4 is 0 Å². The van der Waals surface area contributed by atoms with E-state index in [-0.39, 0.29) is 37.2 Å². The normalized spacial score (nSPS) is 41.2. The number of ether oxygens (including phenoxy) is 6. The van der Waals surface area contributed by atoms with Gasteiger partial charge in [0.2, 0.25) is 0 Å². The van der Waals surface area contributed by atoms with Crippen molar-refractivity contribution in [1.82, 2.24) is 9.88 Å². The van der Waals surface area contributed by atoms with Gasteiger partial charge >= 0.3 is 18.1 Å². The highest BCUT2D eigenvalue weighted by atomic mass is 16.8. The second-order valence-corrected chi connectivity index (χ2v) is 15.3. The molecule has 0 aromatic carbocycles. The molecular weight excluding hydrogens is 664 g/mol. The van der Waals surface area contributed by atoms with Gasteiger partial charge in [-0.25, -0.2) is 4.79 Å². The number of carbonyl (C=O) groups is 4. The predicted octanol–water partition coefficient (Wildman–Crippen LogP) is 3.23. The van der Waals surface area contributed by atoms with Crippen LogP contribution in [0.3, 0.4) is 0 Å². The topological polar surface area (TPSA) is 180 Å². The molecule has 286 valence electrons. The maximum Gasteiger partial charge on any atom is 0.509 e. The number of fused-ring (bicyclic) bond motifs is 1. The summed E-state index contributed by atoms with van der Waals surface area (Å²) in [5.74, 6) is -5.50. The molecule has 0 saturated carbocycles. The number of aliphatic hydroxyl groups excluding tert-OH is 1. The van der Waals surface area contributed by atoms with Gasteiger partial charge in [-0.05, 0) is 72.7 Å². The van der Waals surface area contributed by atoms with Crippen LogP contribution in [0.4, 0.5) is 4.79 Å². The second-order valence-electron chi connectivity index (χ2n) is 15.3. The number of likely N-dealkylation sites (N-methyl/N-ethyl adjacent to an activating group) is 1. The lowest BCUT2D eigenvalue weighted by molar-refractivity contribution is -0.299. The van der Waals surface area contributed by atoms with Gasteiger partial charge in [-0.1, -0.05) is 33.8 Å². The third-order valence-corrected chi connectivity index (χ3v) is 10.8. The van der Waals surface area contributed by atoms with Crippen LogP contribution in [0.1, 0.15) is 80.2 Å². The van der Waals surface area contributed by atoms with Gasteiger partial charge in [-0.2, -0.15) is 0 Å². The van der Waals surface area contributed by atoms with E-state index in [1.54, 1.807) is 59.9 Å². The van der Waals surface area contributed by atoms with Gasteiger partial charge in [0, 0.05) is 30.3 Å². The van der Waals surface area contributed by atoms with Crippen LogP contribution in [0.25, 0.3) is 0 Å². The standard InChI is InChI=1S/C37H56N2O12/c1-11-26-37(8)32(50-35(44)51-37)21(4)28(41)19(2)17-36(7,45)31(49-34-29(42)25(39(9)10)15-20(3)46-34)22(5)30(23(6)33(43)47-26)48-27(40)16-24-13-12-14-38-18-24/h12-14,18-23,25-26,29-32,34,42,45H,11,15-17H2,1-10H3/t19-,20-,21-,22+,23-,25+,26+,29-,30+,31-,32-,34+,36+,37-/m1/s1. The summed E-state index contributed by atoms with van der Waals surface area (Å²) < 4.78 is 35.9. The van der Waals surface area contributed by atoms with Crippen LogP contribution in [0.15, 0.2) is 24.5 Å². The Morgan fingerprint density at radius 2 is 1.76 bits per heavy atom. The fraction of sp³-hybridized carbons (Fsp3) is 0.757. The number of nitrogens with zero attached hydrogens (tertiary/aromatic N) is 2. The molecule has 0 bridgehead atoms. The Hall–Kier alpha value is -3.17. The Kier molecular flexibility index (Phi) is 12.9. The van der Waals surface area contributed by atoms with Crippen molar-refractivity contribution in [2.24, 2.45) is 23.7 Å². The van der Waals surface area contributed by atoms with Crippen molar-refractivity contribution in [2.45, 2.75) is 141 Å². The monoisotopic (exact) mass is 720 g/mol. The van der Waals surface area contributed by atoms with Gasteiger partial charge in [0.1, 0.15) is 24.1 Å². The van der Waals surface area contributed by atoms with Crippen molar-refractivity contribution in [1.29, 1.82) is 0 Å². The average Bonchev–Trinajstić information content (AvgIpc) is 3.38. The maximum absolute atomic E-state index is 14.1. The highest BCUT2D eigenvalue weighted by Gasteiger charge is 2.59. The number of ketones is 1. The lowest BCUT2D eigenvalue weighted by Crippen LogP contribution is -2.60. The molecule has 4 heterocycles. The largest absolute Gasteiger partial charge is 0.509 e. The average molecular weight is 721 g/mol. The summed E-state index contributed by atoms with van der Waals surface area (Å²) in [5, 5.41) is 23.8. The number of rotatable bonds is 7. The molecule has 0 amide bonds. The van der Waals surface area contributed by atoms with E-state index in [0.717, 1.165) is 0 Å². The van der Waals surface area contributed by atoms with E-state index in [9.17, 15) is 29.4 Å². The van der Waals surface area contributed by atoms with E-state index in [4.69, 9.17) is 28.4 Å². The molecule has 0 unspecified atom stereocenters. The first-order chi connectivity index (χ1) is 23.8. The summed E-state index contributed by atoms with van der Waals surface area (Å²) in [4.78, 5) is 60.1. The van der Waals surface area contributed by atoms with Crippen molar-refractivity contribution >= 4 is 23.9 Å². The molecular formula is C37H56N2O12. The number of aliphatic hydroxyl groups is 2. The van der Waals surface area contributed by atoms with Gasteiger partial charge in [-0.3, -0.25) is 19.4 Å². The second kappa shape index (κ2) is 16.2. The number of esters is 2. The van der Waals surface area contributed by atoms with E-state index in [1.165, 1.54) is 13.1 Å². The van der Waals surface area contributed by atoms with Crippen molar-refractivity contribution in [3.8, 4) is 0 Å². The Balaban J connectivity index is 1.81. The van der Waals surface area contributed by atoms with Crippen LogP contribution in [-0.4, -0.2) is 118 Å². The molecule has 4 rings (SSSR count). The highest BCUT2D eigenvalue weighted by molar-refractivity contribution is 5.84. The molecule has 3 saturated heterocycles. The summed E-state index contributed by atoms with van der Waals surface area (Å²) in [6.45, 7) is 13.2. The maximum atomic E-state index is 14.1. The summed E-state index contributed by atoms with van der Waals surface area (Å²) in [6.07, 6.45) is -4.69. The molecule has 0 spiro atoms. The highest BCUT2D eigenvalue weighted by Crippen LogP contribution is 2.42. The summed E-state index contributed by atoms with van der Waals surface area (Å²) in [7, 11) is 3.67. The van der Waals surface area contributed by atoms with E-state index >= 15 is 0 Å². The molecule has 51 heavy (non-hydrogen) atoms. The van der Waals surface area contributed by atoms with Crippen molar-refractivity contribution < 1.29 is 57.8 Å². The molecule has 1 aromatic heterocycles. The zero-order valence-corrected chi connectivity index (χ0v) is 31.4. The smallest absolute Gasteiger partial charge is 0.461 e. The van der Waals surface area contributed by atoms with E-state index < -0.39 is 89.8 Å². The predicted molar refractivity (Wildman–Crippen MR) is 182 cm³/mol. The fourth-order valence-electron chi connectivity index (χ4n) is 8.09. The molecule has 1 aromatic rings. The Labute approximate surface area is 300 Å². The molecule has 14 atom stereocenters. The van der Waals surface area contributed by atoms with Crippen LogP contribution in [0.2, 0.25) is 0 Å². The number of cyclic esters (lactones) is 1. The van der Waals surface area contributed by atoms with E-state index in [1.807, 2.05) is 25.9 Å². The summed E-state index contributed by atoms with van der Waals surface area (Å²) >= 11 is 0. The SMILES string of the molecule is CC[C@@H]1OC(=O)[C@H](C)[C@@H](OC(=O)Cc2cccnc2)[C@H](C)[C@@H](O[C@@H]2O[C@H](C)C[C@H](N(C)C)[C@H]2O)[C@@](C)(O)C[C@@H](C)C(=O)[C@@H](C)[C@H]2OC(=O)O[C@]12C. The number of pyridine rings is 1. The van der Waals surface area contributed by atoms with Crippen LogP contribution in [-0.2, 0) is 49.2 Å². The van der Waals surface area contributed by atoms with Gasteiger partial charge < -0.3 is 43.5 Å². The first-order valence-electron chi connectivity index (χ1n) is 17.9. The molecule has 2 N–H and O–H groups in total. The Morgan fingerprint density at radius 1 is 1.08 bits per heavy atom. The third kappa shape index (κ3) is 8.90. The Morgan fingerprint density at radius 3 is 2.37 bits per heavy atom. The summed E-state index contributed by atoms with van der Waals surface area (Å²) in [6, 6.07) is 3.07. The molecule has 3 fully saturated rings. The van der Waals surface area contributed by atoms with Crippen molar-refractivity contribution in [2.75, 3.05) is 14.1 Å². The first kappa shape index (κ1) is 40.6. The zero-order chi connectivity index (χ0) is 38.0. The lowest BCUT2D eigenvalue weighted by Gasteiger charge is -2.47. The molecule has 14 nitrogen and oxygen atoms in total. The van der Waals surface area contributed by atoms with E-state index in [2.05, 4.69) is 4.98 Å². The van der Waals surface area contributed by atoms with Crippen molar-refractivity contribution in [3.05, 3.63) is 30.1 Å². The minimum Gasteiger partial charge on any atom is -0.461 e. The first-order valence-corrected chi connectivity index (χ1v) is 17.9. The summed E-state index contributed by atoms with van der Waals surface area (Å²) in [5.41, 5.74) is -2.74. The number of Topliss-reactive ketones (excluding diaryl/α,β-unsaturated/α-hetero) is 1. The molecule has 3 aliphatic heterocycles.